The van der Waals surface area contributed by atoms with Crippen LogP contribution in [0.3, 0.4) is 0 Å². The van der Waals surface area contributed by atoms with Gasteiger partial charge in [-0.15, -0.1) is 0 Å². The van der Waals surface area contributed by atoms with Gasteiger partial charge in [0.05, 0.1) is 12.5 Å². The number of hydrogen-bond donors (Lipinski definition) is 0. The summed E-state index contributed by atoms with van der Waals surface area (Å²) in [4.78, 5) is 39.7. The topological polar surface area (TPSA) is 91.4 Å². The van der Waals surface area contributed by atoms with E-state index < -0.39 is 12.1 Å². The highest BCUT2D eigenvalue weighted by atomic mass is 16.7. The van der Waals surface area contributed by atoms with Gasteiger partial charge in [0.25, 0.3) is 0 Å². The lowest BCUT2D eigenvalue weighted by molar-refractivity contribution is -0.150. The zero-order valence-electron chi connectivity index (χ0n) is 38.0. The normalized spacial score (nSPS) is 19.2. The van der Waals surface area contributed by atoms with Crippen LogP contribution < -0.4 is 0 Å². The summed E-state index contributed by atoms with van der Waals surface area (Å²) < 4.78 is 21.8. The van der Waals surface area contributed by atoms with Crippen molar-refractivity contribution in [3.05, 3.63) is 24.3 Å². The monoisotopic (exact) mass is 816 g/mol. The van der Waals surface area contributed by atoms with Crippen LogP contribution in [-0.2, 0) is 28.5 Å². The molecule has 0 spiro atoms. The van der Waals surface area contributed by atoms with Crippen molar-refractivity contribution in [1.82, 2.24) is 4.90 Å². The Morgan fingerprint density at radius 1 is 0.534 bits per heavy atom. The number of hydrogen-bond acceptors (Lipinski definition) is 8. The van der Waals surface area contributed by atoms with E-state index in [-0.39, 0.29) is 38.4 Å². The number of ether oxygens (including phenoxy) is 4. The predicted molar refractivity (Wildman–Crippen MR) is 239 cm³/mol. The van der Waals surface area contributed by atoms with Crippen LogP contribution in [-0.4, -0.2) is 69.1 Å². The van der Waals surface area contributed by atoms with Crippen molar-refractivity contribution in [2.75, 3.05) is 46.1 Å². The van der Waals surface area contributed by atoms with Crippen molar-refractivity contribution in [3.63, 3.8) is 0 Å². The Labute approximate surface area is 356 Å². The van der Waals surface area contributed by atoms with Crippen molar-refractivity contribution in [3.8, 4) is 0 Å². The van der Waals surface area contributed by atoms with E-state index in [2.05, 4.69) is 56.9 Å². The Morgan fingerprint density at radius 2 is 1.02 bits per heavy atom. The van der Waals surface area contributed by atoms with Gasteiger partial charge in [0, 0.05) is 19.4 Å². The lowest BCUT2D eigenvalue weighted by Crippen LogP contribution is -2.27. The van der Waals surface area contributed by atoms with E-state index in [0.717, 1.165) is 108 Å². The Morgan fingerprint density at radius 3 is 1.59 bits per heavy atom. The van der Waals surface area contributed by atoms with Crippen molar-refractivity contribution in [2.24, 2.45) is 29.6 Å². The van der Waals surface area contributed by atoms with Crippen LogP contribution in [0.25, 0.3) is 0 Å². The molecule has 8 nitrogen and oxygen atoms in total. The van der Waals surface area contributed by atoms with Gasteiger partial charge in [-0.25, -0.2) is 4.79 Å². The maximum Gasteiger partial charge on any atom is 0.508 e. The van der Waals surface area contributed by atoms with E-state index >= 15 is 0 Å². The van der Waals surface area contributed by atoms with E-state index in [9.17, 15) is 14.4 Å². The molecular weight excluding hydrogens is 727 g/mol. The lowest BCUT2D eigenvalue weighted by atomic mass is 10.0. The molecule has 0 aromatic rings. The van der Waals surface area contributed by atoms with Gasteiger partial charge in [-0.05, 0) is 107 Å². The fourth-order valence-corrected chi connectivity index (χ4v) is 8.16. The first kappa shape index (κ1) is 51.8. The van der Waals surface area contributed by atoms with Gasteiger partial charge in [0.15, 0.2) is 0 Å². The molecule has 2 saturated carbocycles. The van der Waals surface area contributed by atoms with Crippen LogP contribution in [0.15, 0.2) is 24.3 Å². The van der Waals surface area contributed by atoms with Gasteiger partial charge in [0.1, 0.15) is 19.8 Å². The van der Waals surface area contributed by atoms with E-state index in [1.165, 1.54) is 96.3 Å². The first-order chi connectivity index (χ1) is 28.4. The Bertz CT molecular complexity index is 1090. The summed E-state index contributed by atoms with van der Waals surface area (Å²) in [5, 5.41) is 0. The molecule has 5 atom stereocenters. The molecule has 0 bridgehead atoms. The van der Waals surface area contributed by atoms with Crippen LogP contribution in [0, 0.1) is 29.6 Å². The van der Waals surface area contributed by atoms with Crippen LogP contribution in [0.1, 0.15) is 201 Å². The largest absolute Gasteiger partial charge is 0.508 e. The molecule has 58 heavy (non-hydrogen) atoms. The predicted octanol–water partition coefficient (Wildman–Crippen LogP) is 13.4. The molecule has 2 fully saturated rings. The minimum atomic E-state index is -0.751. The molecule has 0 saturated heterocycles. The molecular formula is C50H89NO7. The maximum atomic E-state index is 12.6. The Kier molecular flexibility index (Phi) is 31.6. The van der Waals surface area contributed by atoms with Crippen molar-refractivity contribution in [2.45, 2.75) is 201 Å². The van der Waals surface area contributed by atoms with E-state index in [1.54, 1.807) is 0 Å². The highest BCUT2D eigenvalue weighted by Gasteiger charge is 2.44. The molecule has 2 rings (SSSR count). The summed E-state index contributed by atoms with van der Waals surface area (Å²) in [6.07, 6.45) is 39.2. The van der Waals surface area contributed by atoms with Gasteiger partial charge in [-0.3, -0.25) is 9.59 Å². The molecule has 336 valence electrons. The number of rotatable bonds is 40. The second-order valence-electron chi connectivity index (χ2n) is 17.6. The number of unbranched alkanes of at least 4 members (excludes halogenated alkanes) is 14. The highest BCUT2D eigenvalue weighted by molar-refractivity contribution is 5.69. The molecule has 0 aromatic carbocycles. The van der Waals surface area contributed by atoms with Crippen LogP contribution in [0.5, 0.6) is 0 Å². The van der Waals surface area contributed by atoms with Crippen molar-refractivity contribution >= 4 is 18.1 Å². The summed E-state index contributed by atoms with van der Waals surface area (Å²) in [6.45, 7) is 11.8. The van der Waals surface area contributed by atoms with Crippen molar-refractivity contribution < 1.29 is 33.3 Å². The number of carbonyl (C=O) groups excluding carboxylic acids is 3. The maximum absolute atomic E-state index is 12.6. The lowest BCUT2D eigenvalue weighted by Gasteiger charge is -2.18. The molecule has 2 aliphatic rings. The van der Waals surface area contributed by atoms with E-state index in [4.69, 9.17) is 18.9 Å². The molecule has 2 aliphatic carbocycles. The smallest absolute Gasteiger partial charge is 0.465 e. The zero-order chi connectivity index (χ0) is 41.9. The SMILES string of the molecule is CCCCC/C=C\C/C=C\CCCCCCCC(=O)OCC(COC(=O)CCCCCCCC1CC1CC1CC1CCCCC)COC(=O)OCCCN(CC)CC. The Hall–Kier alpha value is -2.35. The third-order valence-corrected chi connectivity index (χ3v) is 12.3. The van der Waals surface area contributed by atoms with Gasteiger partial charge in [0.2, 0.25) is 0 Å². The van der Waals surface area contributed by atoms with Gasteiger partial charge in [-0.2, -0.15) is 0 Å². The molecule has 0 radical (unpaired) electrons. The van der Waals surface area contributed by atoms with E-state index in [0.29, 0.717) is 12.8 Å². The van der Waals surface area contributed by atoms with Gasteiger partial charge >= 0.3 is 18.1 Å². The molecule has 8 heteroatoms. The third kappa shape index (κ3) is 29.0. The molecule has 0 aliphatic heterocycles. The first-order valence-electron chi connectivity index (χ1n) is 24.5. The summed E-state index contributed by atoms with van der Waals surface area (Å²) in [5.41, 5.74) is 0. The first-order valence-corrected chi connectivity index (χ1v) is 24.5. The zero-order valence-corrected chi connectivity index (χ0v) is 38.0. The minimum absolute atomic E-state index is 0.0314. The average Bonchev–Trinajstić information content (AvgIpc) is 4.16. The van der Waals surface area contributed by atoms with Gasteiger partial charge in [-0.1, -0.05) is 142 Å². The fraction of sp³-hybridized carbons (Fsp3) is 0.860. The number of allylic oxidation sites excluding steroid dienone is 4. The van der Waals surface area contributed by atoms with Crippen LogP contribution in [0.2, 0.25) is 0 Å². The van der Waals surface area contributed by atoms with Crippen molar-refractivity contribution in [1.29, 1.82) is 0 Å². The van der Waals surface area contributed by atoms with Crippen LogP contribution in [0.4, 0.5) is 4.79 Å². The second-order valence-corrected chi connectivity index (χ2v) is 17.6. The second kappa shape index (κ2) is 35.4. The number of esters is 2. The number of carbonyl (C=O) groups is 3. The number of nitrogens with zero attached hydrogens (tertiary/aromatic N) is 1. The quantitative estimate of drug-likeness (QED) is 0.0261. The average molecular weight is 816 g/mol. The third-order valence-electron chi connectivity index (χ3n) is 12.3. The summed E-state index contributed by atoms with van der Waals surface area (Å²) in [6, 6.07) is 0. The standard InChI is InChI=1S/C50H89NO7/c1-5-9-11-12-13-14-15-16-17-18-19-20-21-24-28-33-48(52)56-40-43(42-58-50(54)55-36-30-35-51(7-3)8-4)41-57-49(53)34-29-25-22-23-27-32-45-38-47(45)39-46-37-44(46)31-26-10-6-2/h13-14,16-17,43-47H,5-12,15,18-42H2,1-4H3/b14-13-,17-16-. The molecule has 0 amide bonds. The summed E-state index contributed by atoms with van der Waals surface area (Å²) in [7, 11) is 0. The van der Waals surface area contributed by atoms with Crippen LogP contribution >= 0.6 is 0 Å². The minimum Gasteiger partial charge on any atom is -0.465 e. The van der Waals surface area contributed by atoms with Gasteiger partial charge < -0.3 is 23.8 Å². The molecule has 0 heterocycles. The molecule has 0 N–H and O–H groups in total. The highest BCUT2D eigenvalue weighted by Crippen LogP contribution is 2.54. The fourth-order valence-electron chi connectivity index (χ4n) is 8.16. The molecule has 5 unspecified atom stereocenters. The van der Waals surface area contributed by atoms with E-state index in [1.807, 2.05) is 0 Å². The Balaban J connectivity index is 1.56. The summed E-state index contributed by atoms with van der Waals surface area (Å²) >= 11 is 0. The molecule has 0 aromatic heterocycles. The summed E-state index contributed by atoms with van der Waals surface area (Å²) in [5.74, 6) is 3.11.